The quantitative estimate of drug-likeness (QED) is 0.921. The number of halogens is 1. The van der Waals surface area contributed by atoms with E-state index >= 15 is 0 Å². The van der Waals surface area contributed by atoms with E-state index in [1.54, 1.807) is 19.9 Å². The molecule has 1 N–H and O–H groups in total. The van der Waals surface area contributed by atoms with Gasteiger partial charge in [0.1, 0.15) is 5.82 Å². The van der Waals surface area contributed by atoms with Gasteiger partial charge in [0.15, 0.2) is 0 Å². The van der Waals surface area contributed by atoms with Crippen molar-refractivity contribution in [2.45, 2.75) is 26.7 Å². The molecule has 5 nitrogen and oxygen atoms in total. The van der Waals surface area contributed by atoms with Gasteiger partial charge in [0.05, 0.1) is 11.7 Å². The molecule has 0 aromatic heterocycles. The second-order valence-corrected chi connectivity index (χ2v) is 7.80. The molecule has 122 valence electrons. The van der Waals surface area contributed by atoms with Gasteiger partial charge in [0.2, 0.25) is 15.9 Å². The van der Waals surface area contributed by atoms with Crippen LogP contribution in [0, 0.1) is 18.7 Å². The monoisotopic (exact) mass is 328 g/mol. The van der Waals surface area contributed by atoms with Gasteiger partial charge in [-0.3, -0.25) is 4.79 Å². The predicted molar refractivity (Wildman–Crippen MR) is 83.5 cm³/mol. The fourth-order valence-electron chi connectivity index (χ4n) is 2.56. The van der Waals surface area contributed by atoms with Crippen molar-refractivity contribution in [3.8, 4) is 0 Å². The summed E-state index contributed by atoms with van der Waals surface area (Å²) in [5, 5.41) is 2.71. The number of nitrogens with zero attached hydrogens (tertiary/aromatic N) is 1. The molecule has 1 heterocycles. The number of benzene rings is 1. The van der Waals surface area contributed by atoms with E-state index in [2.05, 4.69) is 5.32 Å². The van der Waals surface area contributed by atoms with Gasteiger partial charge in [-0.2, -0.15) is 0 Å². The lowest BCUT2D eigenvalue weighted by Crippen LogP contribution is -2.44. The Bertz CT molecular complexity index is 661. The number of carbonyl (C=O) groups is 1. The maximum atomic E-state index is 13.3. The highest BCUT2D eigenvalue weighted by Crippen LogP contribution is 2.22. The zero-order valence-corrected chi connectivity index (χ0v) is 13.6. The summed E-state index contributed by atoms with van der Waals surface area (Å²) in [5.41, 5.74) is 1.20. The minimum atomic E-state index is -3.28. The molecule has 0 bridgehead atoms. The number of hydrogen-bond acceptors (Lipinski definition) is 3. The van der Waals surface area contributed by atoms with Crippen LogP contribution in [-0.2, 0) is 14.8 Å². The molecule has 0 saturated carbocycles. The van der Waals surface area contributed by atoms with E-state index in [0.29, 0.717) is 25.1 Å². The highest BCUT2D eigenvalue weighted by Gasteiger charge is 2.31. The van der Waals surface area contributed by atoms with Crippen molar-refractivity contribution in [1.29, 1.82) is 0 Å². The van der Waals surface area contributed by atoms with Crippen LogP contribution in [0.1, 0.15) is 25.3 Å². The highest BCUT2D eigenvalue weighted by molar-refractivity contribution is 7.89. The summed E-state index contributed by atoms with van der Waals surface area (Å²) < 4.78 is 38.5. The first-order valence-electron chi connectivity index (χ1n) is 7.38. The van der Waals surface area contributed by atoms with Crippen LogP contribution in [-0.4, -0.2) is 37.5 Å². The molecule has 0 aliphatic carbocycles. The number of rotatable bonds is 4. The Morgan fingerprint density at radius 3 is 2.86 bits per heavy atom. The van der Waals surface area contributed by atoms with Gasteiger partial charge in [-0.15, -0.1) is 0 Å². The molecule has 2 rings (SSSR count). The van der Waals surface area contributed by atoms with Gasteiger partial charge >= 0.3 is 0 Å². The topological polar surface area (TPSA) is 66.5 Å². The number of carbonyl (C=O) groups excluding carboxylic acids is 1. The second kappa shape index (κ2) is 6.75. The molecule has 1 aliphatic rings. The number of piperidine rings is 1. The Kier molecular flexibility index (Phi) is 5.18. The summed E-state index contributed by atoms with van der Waals surface area (Å²) in [6.45, 7) is 4.02. The predicted octanol–water partition coefficient (Wildman–Crippen LogP) is 2.13. The third-order valence-corrected chi connectivity index (χ3v) is 5.82. The first-order chi connectivity index (χ1) is 10.3. The molecule has 1 fully saturated rings. The van der Waals surface area contributed by atoms with Crippen LogP contribution in [0.3, 0.4) is 0 Å². The fraction of sp³-hybridized carbons (Fsp3) is 0.533. The Balaban J connectivity index is 2.08. The van der Waals surface area contributed by atoms with Crippen LogP contribution in [0.2, 0.25) is 0 Å². The number of amides is 1. The summed E-state index contributed by atoms with van der Waals surface area (Å²) in [5.74, 6) is -1.05. The summed E-state index contributed by atoms with van der Waals surface area (Å²) in [7, 11) is -3.28. The third kappa shape index (κ3) is 3.84. The lowest BCUT2D eigenvalue weighted by Gasteiger charge is -2.31. The van der Waals surface area contributed by atoms with Crippen molar-refractivity contribution in [1.82, 2.24) is 4.31 Å². The van der Waals surface area contributed by atoms with Crippen LogP contribution in [0.25, 0.3) is 0 Å². The van der Waals surface area contributed by atoms with E-state index in [1.165, 1.54) is 16.4 Å². The average molecular weight is 328 g/mol. The normalized spacial score (nSPS) is 19.9. The molecule has 1 atom stereocenters. The maximum absolute atomic E-state index is 13.3. The van der Waals surface area contributed by atoms with Crippen molar-refractivity contribution < 1.29 is 17.6 Å². The van der Waals surface area contributed by atoms with Crippen LogP contribution >= 0.6 is 0 Å². The van der Waals surface area contributed by atoms with Gasteiger partial charge < -0.3 is 5.32 Å². The maximum Gasteiger partial charge on any atom is 0.228 e. The molecule has 22 heavy (non-hydrogen) atoms. The number of sulfonamides is 1. The van der Waals surface area contributed by atoms with Crippen LogP contribution < -0.4 is 5.32 Å². The summed E-state index contributed by atoms with van der Waals surface area (Å²) in [6, 6.07) is 4.21. The summed E-state index contributed by atoms with van der Waals surface area (Å²) >= 11 is 0. The van der Waals surface area contributed by atoms with Gasteiger partial charge in [-0.05, 0) is 44.4 Å². The van der Waals surface area contributed by atoms with Crippen molar-refractivity contribution in [3.05, 3.63) is 29.6 Å². The fourth-order valence-corrected chi connectivity index (χ4v) is 3.73. The van der Waals surface area contributed by atoms with Gasteiger partial charge in [0, 0.05) is 18.8 Å². The molecule has 1 aromatic rings. The van der Waals surface area contributed by atoms with Gasteiger partial charge in [-0.1, -0.05) is 6.07 Å². The van der Waals surface area contributed by atoms with E-state index in [0.717, 1.165) is 5.56 Å². The van der Waals surface area contributed by atoms with Crippen LogP contribution in [0.15, 0.2) is 18.2 Å². The molecule has 0 spiro atoms. The molecule has 1 saturated heterocycles. The van der Waals surface area contributed by atoms with Crippen molar-refractivity contribution in [2.24, 2.45) is 5.92 Å². The number of hydrogen-bond donors (Lipinski definition) is 1. The molecule has 0 unspecified atom stereocenters. The molecule has 1 amide bonds. The molecular weight excluding hydrogens is 307 g/mol. The minimum absolute atomic E-state index is 0.0321. The Labute approximate surface area is 130 Å². The zero-order chi connectivity index (χ0) is 16.3. The van der Waals surface area contributed by atoms with E-state index in [1.807, 2.05) is 0 Å². The third-order valence-electron chi connectivity index (χ3n) is 3.97. The number of nitrogens with one attached hydrogen (secondary N) is 1. The standard InChI is InChI=1S/C15H21FN2O3S/c1-3-22(20,21)18-8-4-5-12(10-18)15(19)17-14-9-13(16)7-6-11(14)2/h6-7,9,12H,3-5,8,10H2,1-2H3,(H,17,19)/t12-/m0/s1. The van der Waals surface area contributed by atoms with Crippen molar-refractivity contribution >= 4 is 21.6 Å². The highest BCUT2D eigenvalue weighted by atomic mass is 32.2. The van der Waals surface area contributed by atoms with E-state index < -0.39 is 21.8 Å². The zero-order valence-electron chi connectivity index (χ0n) is 12.8. The second-order valence-electron chi connectivity index (χ2n) is 5.55. The van der Waals surface area contributed by atoms with E-state index in [9.17, 15) is 17.6 Å². The lowest BCUT2D eigenvalue weighted by atomic mass is 9.98. The van der Waals surface area contributed by atoms with Crippen molar-refractivity contribution in [2.75, 3.05) is 24.2 Å². The van der Waals surface area contributed by atoms with E-state index in [4.69, 9.17) is 0 Å². The first kappa shape index (κ1) is 16.9. The Morgan fingerprint density at radius 2 is 2.18 bits per heavy atom. The van der Waals surface area contributed by atoms with E-state index in [-0.39, 0.29) is 18.2 Å². The van der Waals surface area contributed by atoms with Gasteiger partial charge in [0.25, 0.3) is 0 Å². The summed E-state index contributed by atoms with van der Waals surface area (Å²) in [4.78, 5) is 12.3. The molecule has 1 aliphatic heterocycles. The number of anilines is 1. The van der Waals surface area contributed by atoms with Crippen molar-refractivity contribution in [3.63, 3.8) is 0 Å². The average Bonchev–Trinajstić information content (AvgIpc) is 2.51. The smallest absolute Gasteiger partial charge is 0.228 e. The molecule has 7 heteroatoms. The Hall–Kier alpha value is -1.47. The summed E-state index contributed by atoms with van der Waals surface area (Å²) in [6.07, 6.45) is 1.29. The SMILES string of the molecule is CCS(=O)(=O)N1CCC[C@H](C(=O)Nc2cc(F)ccc2C)C1. The van der Waals surface area contributed by atoms with Crippen LogP contribution in [0.5, 0.6) is 0 Å². The minimum Gasteiger partial charge on any atom is -0.325 e. The van der Waals surface area contributed by atoms with Gasteiger partial charge in [-0.25, -0.2) is 17.1 Å². The molecule has 0 radical (unpaired) electrons. The van der Waals surface area contributed by atoms with Crippen LogP contribution in [0.4, 0.5) is 10.1 Å². The lowest BCUT2D eigenvalue weighted by molar-refractivity contribution is -0.120. The first-order valence-corrected chi connectivity index (χ1v) is 8.99. The Morgan fingerprint density at radius 1 is 1.45 bits per heavy atom. The largest absolute Gasteiger partial charge is 0.325 e. The molecule has 1 aromatic carbocycles. The number of aryl methyl sites for hydroxylation is 1. The molecular formula is C15H21FN2O3S.